The molecule has 5 heteroatoms. The fourth-order valence-corrected chi connectivity index (χ4v) is 2.08. The van der Waals surface area contributed by atoms with Crippen molar-refractivity contribution in [3.63, 3.8) is 0 Å². The average molecular weight is 202 g/mol. The first kappa shape index (κ1) is 9.70. The quantitative estimate of drug-likeness (QED) is 0.390. The number of nitrogens with one attached hydrogen (secondary N) is 2. The van der Waals surface area contributed by atoms with Crippen LogP contribution in [0.1, 0.15) is 0 Å². The van der Waals surface area contributed by atoms with E-state index in [0.29, 0.717) is 10.9 Å². The van der Waals surface area contributed by atoms with E-state index in [-0.39, 0.29) is 11.2 Å². The molecule has 0 aromatic rings. The Morgan fingerprint density at radius 3 is 3.08 bits per heavy atom. The summed E-state index contributed by atoms with van der Waals surface area (Å²) in [4.78, 5) is 11.1. The minimum Gasteiger partial charge on any atom is -0.312 e. The smallest absolute Gasteiger partial charge is 0.240 e. The molecule has 66 valence electrons. The number of thioether (sulfide) groups is 1. The Bertz CT molecular complexity index is 217. The molecule has 1 heterocycles. The van der Waals surface area contributed by atoms with Crippen LogP contribution in [-0.2, 0) is 4.79 Å². The standard InChI is InChI=1S/C7H10N2OS2/c1-2-3-8-4-5-6(10)9-7(11)12-5/h2,5,8H,1,3-4H2,(H,9,10,11). The minimum absolute atomic E-state index is 0.00145. The van der Waals surface area contributed by atoms with Gasteiger partial charge in [0.25, 0.3) is 0 Å². The van der Waals surface area contributed by atoms with Crippen LogP contribution in [0, 0.1) is 0 Å². The van der Waals surface area contributed by atoms with E-state index in [1.807, 2.05) is 0 Å². The molecule has 3 nitrogen and oxygen atoms in total. The van der Waals surface area contributed by atoms with Crippen LogP contribution >= 0.6 is 24.0 Å². The molecule has 0 aromatic heterocycles. The van der Waals surface area contributed by atoms with Crippen molar-refractivity contribution in [2.45, 2.75) is 5.25 Å². The summed E-state index contributed by atoms with van der Waals surface area (Å²) < 4.78 is 0.574. The Morgan fingerprint density at radius 1 is 1.83 bits per heavy atom. The lowest BCUT2D eigenvalue weighted by atomic mass is 10.4. The van der Waals surface area contributed by atoms with Crippen molar-refractivity contribution in [1.29, 1.82) is 0 Å². The zero-order chi connectivity index (χ0) is 8.97. The maximum absolute atomic E-state index is 11.1. The van der Waals surface area contributed by atoms with Crippen molar-refractivity contribution in [2.75, 3.05) is 13.1 Å². The normalized spacial score (nSPS) is 22.5. The molecule has 0 radical (unpaired) electrons. The number of thiocarbonyl (C=S) groups is 1. The Morgan fingerprint density at radius 2 is 2.58 bits per heavy atom. The van der Waals surface area contributed by atoms with E-state index in [1.165, 1.54) is 11.8 Å². The molecule has 0 bridgehead atoms. The van der Waals surface area contributed by atoms with Gasteiger partial charge in [-0.25, -0.2) is 0 Å². The van der Waals surface area contributed by atoms with Crippen molar-refractivity contribution < 1.29 is 4.79 Å². The molecule has 1 amide bonds. The zero-order valence-electron chi connectivity index (χ0n) is 6.50. The van der Waals surface area contributed by atoms with Crippen LogP contribution in [0.2, 0.25) is 0 Å². The molecule has 12 heavy (non-hydrogen) atoms. The van der Waals surface area contributed by atoms with Gasteiger partial charge in [0.1, 0.15) is 9.57 Å². The topological polar surface area (TPSA) is 41.1 Å². The lowest BCUT2D eigenvalue weighted by Crippen LogP contribution is -2.32. The first-order valence-electron chi connectivity index (χ1n) is 3.57. The first-order chi connectivity index (χ1) is 5.74. The molecule has 0 aliphatic carbocycles. The van der Waals surface area contributed by atoms with Crippen molar-refractivity contribution in [3.8, 4) is 0 Å². The number of carbonyl (C=O) groups excluding carboxylic acids is 1. The number of hydrogen-bond donors (Lipinski definition) is 2. The van der Waals surface area contributed by atoms with Gasteiger partial charge in [-0.3, -0.25) is 4.79 Å². The van der Waals surface area contributed by atoms with E-state index < -0.39 is 0 Å². The largest absolute Gasteiger partial charge is 0.312 e. The molecular weight excluding hydrogens is 192 g/mol. The minimum atomic E-state index is -0.0718. The summed E-state index contributed by atoms with van der Waals surface area (Å²) in [7, 11) is 0. The predicted octanol–water partition coefficient (Wildman–Crippen LogP) is 0.278. The third-order valence-corrected chi connectivity index (χ3v) is 2.76. The van der Waals surface area contributed by atoms with Crippen molar-refractivity contribution in [2.24, 2.45) is 0 Å². The summed E-state index contributed by atoms with van der Waals surface area (Å²) in [6, 6.07) is 0. The first-order valence-corrected chi connectivity index (χ1v) is 4.86. The van der Waals surface area contributed by atoms with Gasteiger partial charge in [0.2, 0.25) is 5.91 Å². The average Bonchev–Trinajstić information content (AvgIpc) is 2.31. The van der Waals surface area contributed by atoms with Gasteiger partial charge in [-0.05, 0) is 0 Å². The number of hydrogen-bond acceptors (Lipinski definition) is 4. The van der Waals surface area contributed by atoms with Gasteiger partial charge in [0.15, 0.2) is 0 Å². The molecular formula is C7H10N2OS2. The highest BCUT2D eigenvalue weighted by molar-refractivity contribution is 8.24. The Labute approximate surface area is 81.0 Å². The Kier molecular flexibility index (Phi) is 3.71. The van der Waals surface area contributed by atoms with Gasteiger partial charge in [-0.1, -0.05) is 30.1 Å². The highest BCUT2D eigenvalue weighted by atomic mass is 32.2. The summed E-state index contributed by atoms with van der Waals surface area (Å²) in [6.45, 7) is 4.92. The summed E-state index contributed by atoms with van der Waals surface area (Å²) in [6.07, 6.45) is 1.76. The lowest BCUT2D eigenvalue weighted by molar-refractivity contribution is -0.118. The second kappa shape index (κ2) is 4.59. The molecule has 0 spiro atoms. The summed E-state index contributed by atoms with van der Waals surface area (Å²) in [5, 5.41) is 5.58. The maximum Gasteiger partial charge on any atom is 0.240 e. The van der Waals surface area contributed by atoms with E-state index in [4.69, 9.17) is 12.2 Å². The van der Waals surface area contributed by atoms with E-state index >= 15 is 0 Å². The third-order valence-electron chi connectivity index (χ3n) is 1.39. The SMILES string of the molecule is C=CCNCC1SC(=S)NC1=O. The highest BCUT2D eigenvalue weighted by Crippen LogP contribution is 2.17. The summed E-state index contributed by atoms with van der Waals surface area (Å²) >= 11 is 6.23. The highest BCUT2D eigenvalue weighted by Gasteiger charge is 2.27. The number of rotatable bonds is 4. The molecule has 1 aliphatic rings. The Balaban J connectivity index is 2.28. The molecule has 0 saturated carbocycles. The molecule has 1 atom stereocenters. The van der Waals surface area contributed by atoms with Crippen LogP contribution in [-0.4, -0.2) is 28.6 Å². The van der Waals surface area contributed by atoms with Gasteiger partial charge in [-0.15, -0.1) is 6.58 Å². The van der Waals surface area contributed by atoms with Gasteiger partial charge in [0.05, 0.1) is 0 Å². The van der Waals surface area contributed by atoms with Crippen LogP contribution in [0.25, 0.3) is 0 Å². The van der Waals surface area contributed by atoms with Gasteiger partial charge >= 0.3 is 0 Å². The van der Waals surface area contributed by atoms with Crippen LogP contribution in [0.4, 0.5) is 0 Å². The third kappa shape index (κ3) is 2.58. The molecule has 1 unspecified atom stereocenters. The number of carbonyl (C=O) groups is 1. The monoisotopic (exact) mass is 202 g/mol. The van der Waals surface area contributed by atoms with E-state index in [1.54, 1.807) is 6.08 Å². The van der Waals surface area contributed by atoms with Crippen molar-refractivity contribution in [1.82, 2.24) is 10.6 Å². The number of amides is 1. The Hall–Kier alpha value is -0.390. The van der Waals surface area contributed by atoms with Crippen LogP contribution < -0.4 is 10.6 Å². The molecule has 1 saturated heterocycles. The lowest BCUT2D eigenvalue weighted by Gasteiger charge is -2.04. The molecule has 0 aromatic carbocycles. The van der Waals surface area contributed by atoms with Gasteiger partial charge in [0, 0.05) is 13.1 Å². The van der Waals surface area contributed by atoms with E-state index in [2.05, 4.69) is 17.2 Å². The summed E-state index contributed by atoms with van der Waals surface area (Å²) in [5.41, 5.74) is 0. The van der Waals surface area contributed by atoms with Crippen molar-refractivity contribution in [3.05, 3.63) is 12.7 Å². The van der Waals surface area contributed by atoms with Crippen LogP contribution in [0.15, 0.2) is 12.7 Å². The van der Waals surface area contributed by atoms with Crippen LogP contribution in [0.3, 0.4) is 0 Å². The molecule has 1 aliphatic heterocycles. The molecule has 2 N–H and O–H groups in total. The fraction of sp³-hybridized carbons (Fsp3) is 0.429. The molecule has 1 rings (SSSR count). The second-order valence-electron chi connectivity index (χ2n) is 2.33. The fourth-order valence-electron chi connectivity index (χ4n) is 0.844. The van der Waals surface area contributed by atoms with Gasteiger partial charge in [-0.2, -0.15) is 0 Å². The molecule has 1 fully saturated rings. The maximum atomic E-state index is 11.1. The summed E-state index contributed by atoms with van der Waals surface area (Å²) in [5.74, 6) is 0.00145. The van der Waals surface area contributed by atoms with E-state index in [0.717, 1.165) is 6.54 Å². The second-order valence-corrected chi connectivity index (χ2v) is 4.21. The van der Waals surface area contributed by atoms with E-state index in [9.17, 15) is 4.79 Å². The van der Waals surface area contributed by atoms with Crippen LogP contribution in [0.5, 0.6) is 0 Å². The zero-order valence-corrected chi connectivity index (χ0v) is 8.13. The van der Waals surface area contributed by atoms with Crippen molar-refractivity contribution >= 4 is 34.2 Å². The predicted molar refractivity (Wildman–Crippen MR) is 55.2 cm³/mol. The van der Waals surface area contributed by atoms with Gasteiger partial charge < -0.3 is 10.6 Å².